The molecule has 2 atom stereocenters. The molecule has 1 aliphatic rings. The molecule has 0 bridgehead atoms. The average molecular weight is 262 g/mol. The van der Waals surface area contributed by atoms with Crippen LogP contribution in [0.4, 0.5) is 11.4 Å². The first-order valence-electron chi connectivity index (χ1n) is 6.89. The van der Waals surface area contributed by atoms with Gasteiger partial charge in [-0.25, -0.2) is 0 Å². The lowest BCUT2D eigenvalue weighted by molar-refractivity contribution is 0.101. The van der Waals surface area contributed by atoms with E-state index in [9.17, 15) is 9.90 Å². The van der Waals surface area contributed by atoms with E-state index in [1.54, 1.807) is 12.1 Å². The smallest absolute Gasteiger partial charge is 0.161 e. The number of benzene rings is 1. The minimum absolute atomic E-state index is 0.0245. The highest BCUT2D eigenvalue weighted by Gasteiger charge is 2.24. The first-order chi connectivity index (χ1) is 9.11. The van der Waals surface area contributed by atoms with Crippen LogP contribution in [0.5, 0.6) is 0 Å². The van der Waals surface area contributed by atoms with E-state index in [2.05, 4.69) is 5.32 Å². The Labute approximate surface area is 114 Å². The van der Waals surface area contributed by atoms with E-state index < -0.39 is 0 Å². The molecule has 0 aliphatic heterocycles. The van der Waals surface area contributed by atoms with Crippen molar-refractivity contribution in [3.05, 3.63) is 23.8 Å². The number of carbonyl (C=O) groups is 1. The van der Waals surface area contributed by atoms with Crippen LogP contribution < -0.4 is 11.1 Å². The Bertz CT molecular complexity index is 459. The molecule has 4 heteroatoms. The molecule has 1 aliphatic carbocycles. The van der Waals surface area contributed by atoms with Crippen molar-refractivity contribution in [3.63, 3.8) is 0 Å². The summed E-state index contributed by atoms with van der Waals surface area (Å²) in [5.41, 5.74) is 7.77. The Morgan fingerprint density at radius 3 is 2.84 bits per heavy atom. The molecule has 1 aromatic rings. The molecule has 0 heterocycles. The van der Waals surface area contributed by atoms with Gasteiger partial charge in [0.2, 0.25) is 0 Å². The summed E-state index contributed by atoms with van der Waals surface area (Å²) in [7, 11) is 0. The van der Waals surface area contributed by atoms with E-state index >= 15 is 0 Å². The number of aliphatic hydroxyl groups is 1. The van der Waals surface area contributed by atoms with Gasteiger partial charge in [-0.2, -0.15) is 0 Å². The molecule has 2 rings (SSSR count). The molecule has 0 saturated heterocycles. The summed E-state index contributed by atoms with van der Waals surface area (Å²) >= 11 is 0. The Morgan fingerprint density at radius 2 is 2.16 bits per heavy atom. The maximum Gasteiger partial charge on any atom is 0.161 e. The number of ketones is 1. The van der Waals surface area contributed by atoms with E-state index in [1.165, 1.54) is 19.8 Å². The van der Waals surface area contributed by atoms with Gasteiger partial charge in [0, 0.05) is 35.5 Å². The summed E-state index contributed by atoms with van der Waals surface area (Å²) in [6.07, 6.45) is 4.49. The maximum atomic E-state index is 11.5. The number of nitrogens with one attached hydrogen (secondary N) is 1. The Hall–Kier alpha value is -1.55. The molecule has 0 spiro atoms. The van der Waals surface area contributed by atoms with E-state index in [4.69, 9.17) is 5.73 Å². The zero-order valence-electron chi connectivity index (χ0n) is 11.4. The van der Waals surface area contributed by atoms with Crippen LogP contribution in [0.2, 0.25) is 0 Å². The molecule has 1 aromatic carbocycles. The number of carbonyl (C=O) groups excluding carboxylic acids is 1. The van der Waals surface area contributed by atoms with Crippen LogP contribution in [0.15, 0.2) is 18.2 Å². The third-order valence-electron chi connectivity index (χ3n) is 3.93. The number of nitrogen functional groups attached to an aromatic ring is 1. The van der Waals surface area contributed by atoms with Gasteiger partial charge in [0.1, 0.15) is 0 Å². The summed E-state index contributed by atoms with van der Waals surface area (Å²) in [5.74, 6) is 0.274. The number of hydrogen-bond donors (Lipinski definition) is 3. The SMILES string of the molecule is CC(=O)c1cc(NC2CCCCC2CO)ccc1N. The van der Waals surface area contributed by atoms with Crippen LogP contribution in [0, 0.1) is 5.92 Å². The summed E-state index contributed by atoms with van der Waals surface area (Å²) in [6, 6.07) is 5.74. The van der Waals surface area contributed by atoms with E-state index in [0.717, 1.165) is 18.5 Å². The van der Waals surface area contributed by atoms with Crippen molar-refractivity contribution in [3.8, 4) is 0 Å². The van der Waals surface area contributed by atoms with Crippen LogP contribution in [-0.2, 0) is 0 Å². The standard InChI is InChI=1S/C15H22N2O2/c1-10(19)13-8-12(6-7-14(13)16)17-15-5-3-2-4-11(15)9-18/h6-8,11,15,17-18H,2-5,9,16H2,1H3. The fourth-order valence-electron chi connectivity index (χ4n) is 2.78. The van der Waals surface area contributed by atoms with Gasteiger partial charge < -0.3 is 16.2 Å². The van der Waals surface area contributed by atoms with Gasteiger partial charge in [0.25, 0.3) is 0 Å². The minimum Gasteiger partial charge on any atom is -0.398 e. The first-order valence-corrected chi connectivity index (χ1v) is 6.89. The van der Waals surface area contributed by atoms with Gasteiger partial charge in [0.05, 0.1) is 0 Å². The molecule has 2 unspecified atom stereocenters. The van der Waals surface area contributed by atoms with Gasteiger partial charge in [-0.1, -0.05) is 12.8 Å². The second-order valence-electron chi connectivity index (χ2n) is 5.34. The van der Waals surface area contributed by atoms with Crippen molar-refractivity contribution < 1.29 is 9.90 Å². The largest absolute Gasteiger partial charge is 0.398 e. The van der Waals surface area contributed by atoms with Crippen LogP contribution in [0.1, 0.15) is 43.0 Å². The van der Waals surface area contributed by atoms with Crippen LogP contribution in [0.25, 0.3) is 0 Å². The molecule has 1 fully saturated rings. The van der Waals surface area contributed by atoms with Crippen molar-refractivity contribution in [1.82, 2.24) is 0 Å². The third-order valence-corrected chi connectivity index (χ3v) is 3.93. The molecule has 1 saturated carbocycles. The lowest BCUT2D eigenvalue weighted by atomic mass is 9.85. The summed E-state index contributed by atoms with van der Waals surface area (Å²) in [4.78, 5) is 11.5. The summed E-state index contributed by atoms with van der Waals surface area (Å²) < 4.78 is 0. The van der Waals surface area contributed by atoms with Crippen molar-refractivity contribution in [2.75, 3.05) is 17.7 Å². The Morgan fingerprint density at radius 1 is 1.42 bits per heavy atom. The number of hydrogen-bond acceptors (Lipinski definition) is 4. The summed E-state index contributed by atoms with van der Waals surface area (Å²) in [6.45, 7) is 1.73. The fourth-order valence-corrected chi connectivity index (χ4v) is 2.78. The second kappa shape index (κ2) is 6.06. The monoisotopic (exact) mass is 262 g/mol. The van der Waals surface area contributed by atoms with Crippen LogP contribution >= 0.6 is 0 Å². The van der Waals surface area contributed by atoms with Gasteiger partial charge in [0.15, 0.2) is 5.78 Å². The number of Topliss-reactive ketones (excluding diaryl/α,β-unsaturated/α-hetero) is 1. The maximum absolute atomic E-state index is 11.5. The lowest BCUT2D eigenvalue weighted by Gasteiger charge is -2.31. The molecule has 0 aromatic heterocycles. The van der Waals surface area contributed by atoms with Crippen molar-refractivity contribution >= 4 is 17.2 Å². The van der Waals surface area contributed by atoms with Gasteiger partial charge in [-0.05, 0) is 38.0 Å². The quantitative estimate of drug-likeness (QED) is 0.575. The van der Waals surface area contributed by atoms with Gasteiger partial charge >= 0.3 is 0 Å². The molecule has 4 nitrogen and oxygen atoms in total. The number of anilines is 2. The number of rotatable bonds is 4. The number of aliphatic hydroxyl groups excluding tert-OH is 1. The average Bonchev–Trinajstić information content (AvgIpc) is 2.41. The van der Waals surface area contributed by atoms with E-state index in [1.807, 2.05) is 6.07 Å². The zero-order chi connectivity index (χ0) is 13.8. The third kappa shape index (κ3) is 3.26. The Balaban J connectivity index is 2.14. The molecular formula is C15H22N2O2. The van der Waals surface area contributed by atoms with Crippen LogP contribution in [-0.4, -0.2) is 23.5 Å². The Kier molecular flexibility index (Phi) is 4.43. The predicted molar refractivity (Wildman–Crippen MR) is 77.3 cm³/mol. The minimum atomic E-state index is -0.0245. The lowest BCUT2D eigenvalue weighted by Crippen LogP contribution is -2.34. The zero-order valence-corrected chi connectivity index (χ0v) is 11.4. The second-order valence-corrected chi connectivity index (χ2v) is 5.34. The first kappa shape index (κ1) is 13.9. The summed E-state index contributed by atoms with van der Waals surface area (Å²) in [5, 5.41) is 12.8. The molecule has 104 valence electrons. The molecule has 0 radical (unpaired) electrons. The predicted octanol–water partition coefficient (Wildman–Crippen LogP) is 2.43. The molecular weight excluding hydrogens is 240 g/mol. The fraction of sp³-hybridized carbons (Fsp3) is 0.533. The van der Waals surface area contributed by atoms with Gasteiger partial charge in [-0.3, -0.25) is 4.79 Å². The van der Waals surface area contributed by atoms with Crippen LogP contribution in [0.3, 0.4) is 0 Å². The topological polar surface area (TPSA) is 75.3 Å². The highest BCUT2D eigenvalue weighted by Crippen LogP contribution is 2.28. The van der Waals surface area contributed by atoms with Gasteiger partial charge in [-0.15, -0.1) is 0 Å². The van der Waals surface area contributed by atoms with Crippen molar-refractivity contribution in [1.29, 1.82) is 0 Å². The normalized spacial score (nSPS) is 23.1. The van der Waals surface area contributed by atoms with Crippen molar-refractivity contribution in [2.24, 2.45) is 5.92 Å². The van der Waals surface area contributed by atoms with Crippen molar-refractivity contribution in [2.45, 2.75) is 38.6 Å². The molecule has 19 heavy (non-hydrogen) atoms. The highest BCUT2D eigenvalue weighted by molar-refractivity contribution is 6.00. The van der Waals surface area contributed by atoms with E-state index in [0.29, 0.717) is 17.2 Å². The number of nitrogens with two attached hydrogens (primary N) is 1. The highest BCUT2D eigenvalue weighted by atomic mass is 16.3. The molecule has 0 amide bonds. The molecule has 4 N–H and O–H groups in total. The van der Waals surface area contributed by atoms with E-state index in [-0.39, 0.29) is 18.4 Å².